The van der Waals surface area contributed by atoms with Gasteiger partial charge in [-0.1, -0.05) is 0 Å². The fraction of sp³-hybridized carbons (Fsp3) is 0.200. The monoisotopic (exact) mass is 324 g/mol. The highest BCUT2D eigenvalue weighted by molar-refractivity contribution is 6.39. The van der Waals surface area contributed by atoms with Gasteiger partial charge in [-0.05, 0) is 30.7 Å². The van der Waals surface area contributed by atoms with E-state index in [0.717, 1.165) is 12.1 Å². The minimum absolute atomic E-state index is 0.0139. The molecule has 0 unspecified atom stereocenters. The normalized spacial score (nSPS) is 11.8. The summed E-state index contributed by atoms with van der Waals surface area (Å²) in [7, 11) is 0. The predicted octanol–water partition coefficient (Wildman–Crippen LogP) is 1.74. The molecule has 0 bridgehead atoms. The van der Waals surface area contributed by atoms with Crippen LogP contribution < -0.4 is 10.6 Å². The second kappa shape index (κ2) is 7.50. The van der Waals surface area contributed by atoms with Crippen LogP contribution in [-0.2, 0) is 9.59 Å². The van der Waals surface area contributed by atoms with Crippen molar-refractivity contribution >= 4 is 17.5 Å². The summed E-state index contributed by atoms with van der Waals surface area (Å²) < 4.78 is 31.1. The highest BCUT2D eigenvalue weighted by atomic mass is 19.1. The lowest BCUT2D eigenvalue weighted by atomic mass is 10.2. The molecule has 2 aromatic rings. The van der Waals surface area contributed by atoms with Gasteiger partial charge < -0.3 is 20.2 Å². The largest absolute Gasteiger partial charge is 0.467 e. The molecule has 2 amide bonds. The Morgan fingerprint density at radius 3 is 2.65 bits per heavy atom. The van der Waals surface area contributed by atoms with Gasteiger partial charge in [-0.2, -0.15) is 0 Å². The summed E-state index contributed by atoms with van der Waals surface area (Å²) >= 11 is 0. The molecule has 1 atom stereocenters. The SMILES string of the molecule is O=C(NCC[C@H](O)c1ccco1)C(=O)Nc1ccc(F)cc1F. The summed E-state index contributed by atoms with van der Waals surface area (Å²) in [5, 5.41) is 14.0. The first kappa shape index (κ1) is 16.6. The van der Waals surface area contributed by atoms with Crippen molar-refractivity contribution in [2.75, 3.05) is 11.9 Å². The molecule has 0 spiro atoms. The number of benzene rings is 1. The zero-order valence-corrected chi connectivity index (χ0v) is 11.9. The molecule has 0 aliphatic rings. The van der Waals surface area contributed by atoms with E-state index in [0.29, 0.717) is 11.8 Å². The molecule has 1 heterocycles. The summed E-state index contributed by atoms with van der Waals surface area (Å²) in [5.41, 5.74) is -0.304. The fourth-order valence-electron chi connectivity index (χ4n) is 1.80. The predicted molar refractivity (Wildman–Crippen MR) is 76.3 cm³/mol. The van der Waals surface area contributed by atoms with E-state index in [2.05, 4.69) is 5.32 Å². The van der Waals surface area contributed by atoms with Crippen molar-refractivity contribution in [1.82, 2.24) is 5.32 Å². The lowest BCUT2D eigenvalue weighted by Gasteiger charge is -2.09. The number of carbonyl (C=O) groups excluding carboxylic acids is 2. The van der Waals surface area contributed by atoms with Gasteiger partial charge in [0.25, 0.3) is 0 Å². The van der Waals surface area contributed by atoms with E-state index < -0.39 is 29.6 Å². The summed E-state index contributed by atoms with van der Waals surface area (Å²) in [4.78, 5) is 23.2. The van der Waals surface area contributed by atoms with E-state index >= 15 is 0 Å². The molecule has 1 aromatic heterocycles. The molecular weight excluding hydrogens is 310 g/mol. The van der Waals surface area contributed by atoms with Crippen molar-refractivity contribution in [1.29, 1.82) is 0 Å². The van der Waals surface area contributed by atoms with Gasteiger partial charge >= 0.3 is 11.8 Å². The Balaban J connectivity index is 1.80. The number of hydrogen-bond donors (Lipinski definition) is 3. The number of halogens is 2. The molecule has 122 valence electrons. The van der Waals surface area contributed by atoms with Crippen LogP contribution in [0.1, 0.15) is 18.3 Å². The first-order valence-electron chi connectivity index (χ1n) is 6.73. The van der Waals surface area contributed by atoms with Crippen molar-refractivity contribution in [3.63, 3.8) is 0 Å². The molecule has 0 fully saturated rings. The number of aliphatic hydroxyl groups is 1. The topological polar surface area (TPSA) is 91.6 Å². The van der Waals surface area contributed by atoms with E-state index in [1.807, 2.05) is 5.32 Å². The minimum Gasteiger partial charge on any atom is -0.467 e. The van der Waals surface area contributed by atoms with E-state index in [9.17, 15) is 23.5 Å². The number of hydrogen-bond acceptors (Lipinski definition) is 4. The van der Waals surface area contributed by atoms with Crippen LogP contribution in [0.15, 0.2) is 41.0 Å². The Morgan fingerprint density at radius 1 is 1.22 bits per heavy atom. The van der Waals surface area contributed by atoms with E-state index in [-0.39, 0.29) is 18.7 Å². The first-order valence-corrected chi connectivity index (χ1v) is 6.73. The third-order valence-electron chi connectivity index (χ3n) is 2.96. The number of aliphatic hydroxyl groups excluding tert-OH is 1. The third kappa shape index (κ3) is 4.62. The maximum Gasteiger partial charge on any atom is 0.313 e. The van der Waals surface area contributed by atoms with Gasteiger partial charge in [-0.15, -0.1) is 0 Å². The third-order valence-corrected chi connectivity index (χ3v) is 2.96. The quantitative estimate of drug-likeness (QED) is 0.731. The zero-order chi connectivity index (χ0) is 16.8. The van der Waals surface area contributed by atoms with Crippen LogP contribution in [-0.4, -0.2) is 23.5 Å². The van der Waals surface area contributed by atoms with Gasteiger partial charge in [0.1, 0.15) is 23.5 Å². The van der Waals surface area contributed by atoms with Crippen LogP contribution in [0.2, 0.25) is 0 Å². The van der Waals surface area contributed by atoms with Gasteiger partial charge in [0.15, 0.2) is 0 Å². The Hall–Kier alpha value is -2.74. The molecular formula is C15H14F2N2O4. The Kier molecular flexibility index (Phi) is 5.42. The van der Waals surface area contributed by atoms with Gasteiger partial charge in [-0.25, -0.2) is 8.78 Å². The second-order valence-corrected chi connectivity index (χ2v) is 4.65. The molecule has 0 radical (unpaired) electrons. The molecule has 23 heavy (non-hydrogen) atoms. The highest BCUT2D eigenvalue weighted by Gasteiger charge is 2.17. The van der Waals surface area contributed by atoms with Gasteiger partial charge in [-0.3, -0.25) is 9.59 Å². The van der Waals surface area contributed by atoms with Crippen molar-refractivity contribution in [3.05, 3.63) is 54.0 Å². The van der Waals surface area contributed by atoms with Crippen LogP contribution in [0.25, 0.3) is 0 Å². The minimum atomic E-state index is -1.09. The average molecular weight is 324 g/mol. The fourth-order valence-corrected chi connectivity index (χ4v) is 1.80. The summed E-state index contributed by atoms with van der Waals surface area (Å²) in [6.07, 6.45) is 0.627. The Morgan fingerprint density at radius 2 is 2.00 bits per heavy atom. The van der Waals surface area contributed by atoms with Gasteiger partial charge in [0.05, 0.1) is 12.0 Å². The van der Waals surface area contributed by atoms with Crippen molar-refractivity contribution < 1.29 is 27.9 Å². The average Bonchev–Trinajstić information content (AvgIpc) is 3.04. The smallest absolute Gasteiger partial charge is 0.313 e. The van der Waals surface area contributed by atoms with Crippen molar-refractivity contribution in [2.45, 2.75) is 12.5 Å². The number of nitrogens with one attached hydrogen (secondary N) is 2. The molecule has 1 aromatic carbocycles. The van der Waals surface area contributed by atoms with Crippen LogP contribution in [0.5, 0.6) is 0 Å². The van der Waals surface area contributed by atoms with Crippen LogP contribution in [0.4, 0.5) is 14.5 Å². The molecule has 0 aliphatic carbocycles. The number of rotatable bonds is 5. The summed E-state index contributed by atoms with van der Waals surface area (Å²) in [5.74, 6) is -3.53. The van der Waals surface area contributed by atoms with E-state index in [4.69, 9.17) is 4.42 Å². The molecule has 0 saturated carbocycles. The van der Waals surface area contributed by atoms with Crippen molar-refractivity contribution in [2.24, 2.45) is 0 Å². The van der Waals surface area contributed by atoms with Crippen LogP contribution in [0.3, 0.4) is 0 Å². The highest BCUT2D eigenvalue weighted by Crippen LogP contribution is 2.16. The Labute approximate surface area is 130 Å². The lowest BCUT2D eigenvalue weighted by molar-refractivity contribution is -0.136. The molecule has 2 rings (SSSR count). The van der Waals surface area contributed by atoms with Crippen LogP contribution in [0, 0.1) is 11.6 Å². The number of anilines is 1. The first-order chi connectivity index (χ1) is 11.0. The summed E-state index contributed by atoms with van der Waals surface area (Å²) in [6, 6.07) is 5.75. The Bertz CT molecular complexity index is 689. The number of carbonyl (C=O) groups is 2. The second-order valence-electron chi connectivity index (χ2n) is 4.65. The lowest BCUT2D eigenvalue weighted by Crippen LogP contribution is -2.36. The maximum atomic E-state index is 13.4. The van der Waals surface area contributed by atoms with Crippen molar-refractivity contribution in [3.8, 4) is 0 Å². The maximum absolute atomic E-state index is 13.4. The van der Waals surface area contributed by atoms with Gasteiger partial charge in [0, 0.05) is 12.6 Å². The molecule has 3 N–H and O–H groups in total. The molecule has 0 saturated heterocycles. The number of furan rings is 1. The summed E-state index contributed by atoms with van der Waals surface area (Å²) in [6.45, 7) is 0.0139. The molecule has 0 aliphatic heterocycles. The van der Waals surface area contributed by atoms with E-state index in [1.165, 1.54) is 6.26 Å². The van der Waals surface area contributed by atoms with Crippen LogP contribution >= 0.6 is 0 Å². The van der Waals surface area contributed by atoms with Gasteiger partial charge in [0.2, 0.25) is 0 Å². The standard InChI is InChI=1S/C15H14F2N2O4/c16-9-3-4-11(10(17)8-9)19-15(22)14(21)18-6-5-12(20)13-2-1-7-23-13/h1-4,7-8,12,20H,5-6H2,(H,18,21)(H,19,22)/t12-/m0/s1. The van der Waals surface area contributed by atoms with E-state index in [1.54, 1.807) is 12.1 Å². The zero-order valence-electron chi connectivity index (χ0n) is 11.9. The molecule has 6 nitrogen and oxygen atoms in total. The number of amides is 2. The molecule has 8 heteroatoms.